The van der Waals surface area contributed by atoms with E-state index in [0.717, 1.165) is 9.90 Å². The molecule has 0 aliphatic carbocycles. The van der Waals surface area contributed by atoms with Gasteiger partial charge in [0.1, 0.15) is 9.88 Å². The molecule has 82 valence electrons. The number of carbonyl (C=O) groups is 1. The van der Waals surface area contributed by atoms with Gasteiger partial charge in [-0.05, 0) is 12.1 Å². The molecule has 16 heavy (non-hydrogen) atoms. The molecule has 5 heteroatoms. The van der Waals surface area contributed by atoms with Gasteiger partial charge in [0.05, 0.1) is 11.9 Å². The molecular weight excluding hydrogens is 242 g/mol. The zero-order valence-electron chi connectivity index (χ0n) is 8.29. The Hall–Kier alpha value is -1.33. The first-order chi connectivity index (χ1) is 7.75. The lowest BCUT2D eigenvalue weighted by Crippen LogP contribution is -1.89. The maximum absolute atomic E-state index is 10.7. The Morgan fingerprint density at radius 2 is 2.12 bits per heavy atom. The van der Waals surface area contributed by atoms with Gasteiger partial charge in [-0.1, -0.05) is 18.2 Å². The van der Waals surface area contributed by atoms with Crippen molar-refractivity contribution in [1.29, 1.82) is 0 Å². The molecule has 0 aliphatic heterocycles. The van der Waals surface area contributed by atoms with Gasteiger partial charge in [-0.15, -0.1) is 23.1 Å². The monoisotopic (exact) mass is 251 g/mol. The second-order valence-corrected chi connectivity index (χ2v) is 5.19. The van der Waals surface area contributed by atoms with Crippen LogP contribution in [0, 0.1) is 0 Å². The molecule has 0 atom stereocenters. The van der Waals surface area contributed by atoms with E-state index in [1.165, 1.54) is 17.5 Å². The van der Waals surface area contributed by atoms with E-state index < -0.39 is 5.97 Å². The molecule has 1 aromatic heterocycles. The summed E-state index contributed by atoms with van der Waals surface area (Å²) in [5.41, 5.74) is 0. The Morgan fingerprint density at radius 1 is 1.38 bits per heavy atom. The summed E-state index contributed by atoms with van der Waals surface area (Å²) in [5.74, 6) is -0.199. The van der Waals surface area contributed by atoms with Crippen molar-refractivity contribution in [2.75, 3.05) is 0 Å². The SMILES string of the molecule is O=C(O)c1cnc(CSc2ccccc2)s1. The van der Waals surface area contributed by atoms with Crippen molar-refractivity contribution in [2.45, 2.75) is 10.6 Å². The zero-order chi connectivity index (χ0) is 11.4. The van der Waals surface area contributed by atoms with Gasteiger partial charge in [0, 0.05) is 4.90 Å². The van der Waals surface area contributed by atoms with Crippen molar-refractivity contribution in [3.05, 3.63) is 46.4 Å². The largest absolute Gasteiger partial charge is 0.477 e. The number of hydrogen-bond donors (Lipinski definition) is 1. The number of benzene rings is 1. The molecule has 0 amide bonds. The Kier molecular flexibility index (Phi) is 3.58. The van der Waals surface area contributed by atoms with Crippen LogP contribution in [0.5, 0.6) is 0 Å². The summed E-state index contributed by atoms with van der Waals surface area (Å²) in [7, 11) is 0. The lowest BCUT2D eigenvalue weighted by atomic mass is 10.4. The third-order valence-corrected chi connectivity index (χ3v) is 4.06. The van der Waals surface area contributed by atoms with Gasteiger partial charge < -0.3 is 5.11 Å². The Bertz CT molecular complexity index is 482. The van der Waals surface area contributed by atoms with Crippen molar-refractivity contribution >= 4 is 29.1 Å². The van der Waals surface area contributed by atoms with E-state index in [9.17, 15) is 4.79 Å². The Morgan fingerprint density at radius 3 is 2.75 bits per heavy atom. The van der Waals surface area contributed by atoms with Gasteiger partial charge in [-0.25, -0.2) is 9.78 Å². The molecule has 1 N–H and O–H groups in total. The molecule has 1 aromatic carbocycles. The first kappa shape index (κ1) is 11.2. The number of aromatic carboxylic acids is 1. The summed E-state index contributed by atoms with van der Waals surface area (Å²) >= 11 is 2.88. The predicted molar refractivity (Wildman–Crippen MR) is 65.1 cm³/mol. The lowest BCUT2D eigenvalue weighted by molar-refractivity contribution is 0.0702. The second-order valence-electron chi connectivity index (χ2n) is 3.03. The van der Waals surface area contributed by atoms with E-state index in [4.69, 9.17) is 5.11 Å². The van der Waals surface area contributed by atoms with Gasteiger partial charge in [-0.3, -0.25) is 0 Å². The molecule has 2 aromatic rings. The fourth-order valence-corrected chi connectivity index (χ4v) is 2.82. The number of carboxylic acid groups (broad SMARTS) is 1. The van der Waals surface area contributed by atoms with E-state index in [2.05, 4.69) is 4.98 Å². The van der Waals surface area contributed by atoms with Crippen LogP contribution >= 0.6 is 23.1 Å². The minimum absolute atomic E-state index is 0.295. The zero-order valence-corrected chi connectivity index (χ0v) is 9.92. The number of thioether (sulfide) groups is 1. The summed E-state index contributed by atoms with van der Waals surface area (Å²) in [6.07, 6.45) is 1.41. The highest BCUT2D eigenvalue weighted by Crippen LogP contribution is 2.24. The number of carboxylic acids is 1. The lowest BCUT2D eigenvalue weighted by Gasteiger charge is -1.97. The summed E-state index contributed by atoms with van der Waals surface area (Å²) in [6, 6.07) is 9.97. The fourth-order valence-electron chi connectivity index (χ4n) is 1.14. The molecule has 0 bridgehead atoms. The van der Waals surface area contributed by atoms with Crippen LogP contribution < -0.4 is 0 Å². The minimum Gasteiger partial charge on any atom is -0.477 e. The highest BCUT2D eigenvalue weighted by molar-refractivity contribution is 7.98. The number of nitrogens with zero attached hydrogens (tertiary/aromatic N) is 1. The molecular formula is C11H9NO2S2. The van der Waals surface area contributed by atoms with Crippen molar-refractivity contribution in [2.24, 2.45) is 0 Å². The molecule has 0 unspecified atom stereocenters. The second kappa shape index (κ2) is 5.14. The molecule has 1 heterocycles. The summed E-state index contributed by atoms with van der Waals surface area (Å²) in [4.78, 5) is 16.2. The molecule has 2 rings (SSSR count). The molecule has 0 fully saturated rings. The van der Waals surface area contributed by atoms with Crippen LogP contribution in [0.3, 0.4) is 0 Å². The first-order valence-corrected chi connectivity index (χ1v) is 6.42. The average molecular weight is 251 g/mol. The first-order valence-electron chi connectivity index (χ1n) is 4.61. The van der Waals surface area contributed by atoms with Crippen molar-refractivity contribution in [1.82, 2.24) is 4.98 Å². The number of hydrogen-bond acceptors (Lipinski definition) is 4. The van der Waals surface area contributed by atoms with Crippen LogP contribution in [0.1, 0.15) is 14.7 Å². The highest BCUT2D eigenvalue weighted by atomic mass is 32.2. The molecule has 0 radical (unpaired) electrons. The molecule has 0 saturated carbocycles. The Balaban J connectivity index is 1.97. The fraction of sp³-hybridized carbons (Fsp3) is 0.0909. The van der Waals surface area contributed by atoms with Crippen molar-refractivity contribution < 1.29 is 9.90 Å². The third kappa shape index (κ3) is 2.84. The minimum atomic E-state index is -0.909. The Labute approximate surface area is 101 Å². The summed E-state index contributed by atoms with van der Waals surface area (Å²) in [6.45, 7) is 0. The van der Waals surface area contributed by atoms with Crippen LogP contribution in [-0.4, -0.2) is 16.1 Å². The average Bonchev–Trinajstić information content (AvgIpc) is 2.76. The number of thiazole rings is 1. The van der Waals surface area contributed by atoms with E-state index >= 15 is 0 Å². The van der Waals surface area contributed by atoms with Gasteiger partial charge in [-0.2, -0.15) is 0 Å². The highest BCUT2D eigenvalue weighted by Gasteiger charge is 2.08. The predicted octanol–water partition coefficient (Wildman–Crippen LogP) is 3.13. The van der Waals surface area contributed by atoms with Crippen LogP contribution in [0.15, 0.2) is 41.4 Å². The summed E-state index contributed by atoms with van der Waals surface area (Å²) < 4.78 is 0. The van der Waals surface area contributed by atoms with E-state index in [-0.39, 0.29) is 0 Å². The topological polar surface area (TPSA) is 50.2 Å². The van der Waals surface area contributed by atoms with Crippen molar-refractivity contribution in [3.8, 4) is 0 Å². The van der Waals surface area contributed by atoms with E-state index in [0.29, 0.717) is 10.6 Å². The number of rotatable bonds is 4. The van der Waals surface area contributed by atoms with Crippen LogP contribution in [0.2, 0.25) is 0 Å². The third-order valence-electron chi connectivity index (χ3n) is 1.87. The van der Waals surface area contributed by atoms with Crippen LogP contribution in [-0.2, 0) is 5.75 Å². The standard InChI is InChI=1S/C11H9NO2S2/c13-11(14)9-6-12-10(16-9)7-15-8-4-2-1-3-5-8/h1-6H,7H2,(H,13,14). The normalized spacial score (nSPS) is 10.2. The van der Waals surface area contributed by atoms with Gasteiger partial charge in [0.15, 0.2) is 0 Å². The number of aromatic nitrogens is 1. The molecule has 3 nitrogen and oxygen atoms in total. The van der Waals surface area contributed by atoms with E-state index in [1.807, 2.05) is 30.3 Å². The molecule has 0 saturated heterocycles. The van der Waals surface area contributed by atoms with Crippen molar-refractivity contribution in [3.63, 3.8) is 0 Å². The van der Waals surface area contributed by atoms with Gasteiger partial charge in [0.2, 0.25) is 0 Å². The maximum atomic E-state index is 10.7. The van der Waals surface area contributed by atoms with Crippen LogP contribution in [0.4, 0.5) is 0 Å². The summed E-state index contributed by atoms with van der Waals surface area (Å²) in [5, 5.41) is 9.59. The molecule has 0 spiro atoms. The van der Waals surface area contributed by atoms with E-state index in [1.54, 1.807) is 11.8 Å². The van der Waals surface area contributed by atoms with Gasteiger partial charge in [0.25, 0.3) is 0 Å². The maximum Gasteiger partial charge on any atom is 0.347 e. The quantitative estimate of drug-likeness (QED) is 0.848. The van der Waals surface area contributed by atoms with Crippen LogP contribution in [0.25, 0.3) is 0 Å². The molecule has 0 aliphatic rings. The smallest absolute Gasteiger partial charge is 0.347 e. The van der Waals surface area contributed by atoms with Gasteiger partial charge >= 0.3 is 5.97 Å².